The molecule has 0 bridgehead atoms. The average Bonchev–Trinajstić information content (AvgIpc) is 3.04. The number of esters is 1. The molecule has 0 radical (unpaired) electrons. The van der Waals surface area contributed by atoms with E-state index in [9.17, 15) is 9.59 Å². The van der Waals surface area contributed by atoms with Crippen molar-refractivity contribution in [3.05, 3.63) is 114 Å². The third-order valence-electron chi connectivity index (χ3n) is 7.55. The molecule has 0 aliphatic heterocycles. The molecule has 1 heterocycles. The van der Waals surface area contributed by atoms with Crippen LogP contribution in [0.2, 0.25) is 0 Å². The van der Waals surface area contributed by atoms with Crippen LogP contribution in [0.5, 0.6) is 17.2 Å². The molecule has 0 spiro atoms. The van der Waals surface area contributed by atoms with Crippen LogP contribution in [0.1, 0.15) is 43.1 Å². The highest BCUT2D eigenvalue weighted by molar-refractivity contribution is 6.05. The number of methoxy groups -OCH3 is 1. The number of anilines is 1. The van der Waals surface area contributed by atoms with Gasteiger partial charge in [0.15, 0.2) is 6.61 Å². The minimum atomic E-state index is -0.611. The maximum atomic E-state index is 13.1. The van der Waals surface area contributed by atoms with E-state index in [1.165, 1.54) is 5.56 Å². The quantitative estimate of drug-likeness (QED) is 0.169. The van der Waals surface area contributed by atoms with Gasteiger partial charge in [-0.1, -0.05) is 51.1 Å². The standard InChI is InChI=1S/C36H34N2O5/c1-5-36(2,3)25-12-18-28(19-13-25)43-29-20-14-26(15-21-29)37-34(39)23-42-35(40)31-22-33(24-10-16-27(41-4)17-11-24)38-32-9-7-6-8-30(31)32/h6-22H,5,23H2,1-4H3,(H,37,39). The Morgan fingerprint density at radius 1 is 0.814 bits per heavy atom. The average molecular weight is 575 g/mol. The Morgan fingerprint density at radius 3 is 2.09 bits per heavy atom. The maximum Gasteiger partial charge on any atom is 0.339 e. The van der Waals surface area contributed by atoms with Gasteiger partial charge in [0, 0.05) is 16.6 Å². The molecule has 4 aromatic carbocycles. The van der Waals surface area contributed by atoms with E-state index >= 15 is 0 Å². The number of carbonyl (C=O) groups excluding carboxylic acids is 2. The first kappa shape index (κ1) is 29.3. The lowest BCUT2D eigenvalue weighted by Crippen LogP contribution is -2.21. The summed E-state index contributed by atoms with van der Waals surface area (Å²) in [6.45, 7) is 6.18. The summed E-state index contributed by atoms with van der Waals surface area (Å²) in [5.74, 6) is 1.03. The molecule has 218 valence electrons. The van der Waals surface area contributed by atoms with Gasteiger partial charge < -0.3 is 19.5 Å². The van der Waals surface area contributed by atoms with Crippen LogP contribution in [-0.4, -0.2) is 30.6 Å². The summed E-state index contributed by atoms with van der Waals surface area (Å²) in [5.41, 5.74) is 4.34. The van der Waals surface area contributed by atoms with E-state index in [-0.39, 0.29) is 5.41 Å². The van der Waals surface area contributed by atoms with E-state index < -0.39 is 18.5 Å². The lowest BCUT2D eigenvalue weighted by molar-refractivity contribution is -0.119. The molecule has 0 atom stereocenters. The predicted molar refractivity (Wildman–Crippen MR) is 169 cm³/mol. The van der Waals surface area contributed by atoms with Crippen LogP contribution in [0.4, 0.5) is 5.69 Å². The number of nitrogens with zero attached hydrogens (tertiary/aromatic N) is 1. The summed E-state index contributed by atoms with van der Waals surface area (Å²) >= 11 is 0. The number of rotatable bonds is 10. The van der Waals surface area contributed by atoms with E-state index in [1.54, 1.807) is 43.5 Å². The van der Waals surface area contributed by atoms with Crippen molar-refractivity contribution in [2.24, 2.45) is 0 Å². The number of ether oxygens (including phenoxy) is 3. The number of hydrogen-bond acceptors (Lipinski definition) is 6. The van der Waals surface area contributed by atoms with E-state index in [1.807, 2.05) is 54.6 Å². The minimum absolute atomic E-state index is 0.110. The van der Waals surface area contributed by atoms with Gasteiger partial charge in [0.1, 0.15) is 17.2 Å². The van der Waals surface area contributed by atoms with Crippen LogP contribution < -0.4 is 14.8 Å². The van der Waals surface area contributed by atoms with Crippen LogP contribution in [-0.2, 0) is 14.9 Å². The lowest BCUT2D eigenvalue weighted by atomic mass is 9.82. The monoisotopic (exact) mass is 574 g/mol. The Bertz CT molecular complexity index is 1730. The van der Waals surface area contributed by atoms with Crippen LogP contribution in [0.25, 0.3) is 22.2 Å². The molecule has 0 unspecified atom stereocenters. The summed E-state index contributed by atoms with van der Waals surface area (Å²) in [5, 5.41) is 3.40. The fourth-order valence-electron chi connectivity index (χ4n) is 4.58. The topological polar surface area (TPSA) is 86.8 Å². The van der Waals surface area contributed by atoms with E-state index in [0.29, 0.717) is 33.6 Å². The second kappa shape index (κ2) is 12.8. The molecule has 7 heteroatoms. The molecule has 1 aromatic heterocycles. The highest BCUT2D eigenvalue weighted by Crippen LogP contribution is 2.30. The molecule has 43 heavy (non-hydrogen) atoms. The van der Waals surface area contributed by atoms with E-state index in [4.69, 9.17) is 19.2 Å². The highest BCUT2D eigenvalue weighted by Gasteiger charge is 2.18. The van der Waals surface area contributed by atoms with Crippen molar-refractivity contribution in [3.63, 3.8) is 0 Å². The fourth-order valence-corrected chi connectivity index (χ4v) is 4.58. The number of nitrogens with one attached hydrogen (secondary N) is 1. The predicted octanol–water partition coefficient (Wildman–Crippen LogP) is 8.19. The third kappa shape index (κ3) is 7.01. The van der Waals surface area contributed by atoms with Crippen LogP contribution in [0.3, 0.4) is 0 Å². The molecule has 7 nitrogen and oxygen atoms in total. The largest absolute Gasteiger partial charge is 0.497 e. The molecule has 0 aliphatic carbocycles. The molecular formula is C36H34N2O5. The van der Waals surface area contributed by atoms with Crippen molar-refractivity contribution in [1.29, 1.82) is 0 Å². The molecule has 0 fully saturated rings. The van der Waals surface area contributed by atoms with Gasteiger partial charge in [0.2, 0.25) is 0 Å². The van der Waals surface area contributed by atoms with Crippen LogP contribution in [0.15, 0.2) is 103 Å². The maximum absolute atomic E-state index is 13.1. The first-order valence-electron chi connectivity index (χ1n) is 14.2. The first-order chi connectivity index (χ1) is 20.8. The second-order valence-corrected chi connectivity index (χ2v) is 10.8. The van der Waals surface area contributed by atoms with Gasteiger partial charge in [-0.3, -0.25) is 4.79 Å². The van der Waals surface area contributed by atoms with Gasteiger partial charge in [-0.15, -0.1) is 0 Å². The van der Waals surface area contributed by atoms with Gasteiger partial charge in [-0.2, -0.15) is 0 Å². The van der Waals surface area contributed by atoms with E-state index in [2.05, 4.69) is 38.2 Å². The molecule has 0 saturated heterocycles. The first-order valence-corrected chi connectivity index (χ1v) is 14.2. The van der Waals surface area contributed by atoms with E-state index in [0.717, 1.165) is 23.5 Å². The Labute approximate surface area is 251 Å². The molecule has 1 N–H and O–H groups in total. The Kier molecular flexibility index (Phi) is 8.71. The van der Waals surface area contributed by atoms with Gasteiger partial charge in [-0.25, -0.2) is 9.78 Å². The van der Waals surface area contributed by atoms with Gasteiger partial charge in [0.25, 0.3) is 5.91 Å². The summed E-state index contributed by atoms with van der Waals surface area (Å²) in [6, 6.07) is 31.5. The SMILES string of the molecule is CCC(C)(C)c1ccc(Oc2ccc(NC(=O)COC(=O)c3cc(-c4ccc(OC)cc4)nc4ccccc34)cc2)cc1. The number of carbonyl (C=O) groups is 2. The van der Waals surface area contributed by atoms with Crippen molar-refractivity contribution in [3.8, 4) is 28.5 Å². The zero-order valence-corrected chi connectivity index (χ0v) is 24.7. The lowest BCUT2D eigenvalue weighted by Gasteiger charge is -2.23. The number of hydrogen-bond donors (Lipinski definition) is 1. The summed E-state index contributed by atoms with van der Waals surface area (Å²) in [6.07, 6.45) is 1.05. The van der Waals surface area contributed by atoms with Crippen molar-refractivity contribution >= 4 is 28.5 Å². The van der Waals surface area contributed by atoms with Gasteiger partial charge in [-0.05, 0) is 90.2 Å². The molecule has 0 saturated carbocycles. The fraction of sp³-hybridized carbons (Fsp3) is 0.194. The highest BCUT2D eigenvalue weighted by atomic mass is 16.5. The number of pyridine rings is 1. The molecule has 1 amide bonds. The molecule has 0 aliphatic rings. The summed E-state index contributed by atoms with van der Waals surface area (Å²) in [7, 11) is 1.60. The second-order valence-electron chi connectivity index (χ2n) is 10.8. The number of aromatic nitrogens is 1. The van der Waals surface area contributed by atoms with Crippen molar-refractivity contribution in [2.45, 2.75) is 32.6 Å². The van der Waals surface area contributed by atoms with Crippen LogP contribution >= 0.6 is 0 Å². The van der Waals surface area contributed by atoms with Gasteiger partial charge in [0.05, 0.1) is 23.9 Å². The number of para-hydroxylation sites is 1. The van der Waals surface area contributed by atoms with Crippen molar-refractivity contribution in [1.82, 2.24) is 4.98 Å². The number of amides is 1. The Morgan fingerprint density at radius 2 is 1.44 bits per heavy atom. The number of fused-ring (bicyclic) bond motifs is 1. The zero-order valence-electron chi connectivity index (χ0n) is 24.7. The number of benzene rings is 4. The Hall–Kier alpha value is -5.17. The van der Waals surface area contributed by atoms with Crippen LogP contribution in [0, 0.1) is 0 Å². The smallest absolute Gasteiger partial charge is 0.339 e. The summed E-state index contributed by atoms with van der Waals surface area (Å²) < 4.78 is 16.6. The minimum Gasteiger partial charge on any atom is -0.497 e. The normalized spacial score (nSPS) is 11.2. The summed E-state index contributed by atoms with van der Waals surface area (Å²) in [4.78, 5) is 30.5. The van der Waals surface area contributed by atoms with Crippen molar-refractivity contribution < 1.29 is 23.8 Å². The van der Waals surface area contributed by atoms with Crippen molar-refractivity contribution in [2.75, 3.05) is 19.0 Å². The Balaban J connectivity index is 1.21. The third-order valence-corrected chi connectivity index (χ3v) is 7.55. The van der Waals surface area contributed by atoms with Gasteiger partial charge >= 0.3 is 5.97 Å². The zero-order chi connectivity index (χ0) is 30.4. The molecule has 5 rings (SSSR count). The molecule has 5 aromatic rings. The molecular weight excluding hydrogens is 540 g/mol.